The van der Waals surface area contributed by atoms with E-state index in [-0.39, 0.29) is 5.91 Å². The average Bonchev–Trinajstić information content (AvgIpc) is 2.21. The number of nitrogens with one attached hydrogen (secondary N) is 1. The Labute approximate surface area is 90.4 Å². The Hall–Kier alpha value is -1.10. The van der Waals surface area contributed by atoms with Gasteiger partial charge in [-0.1, -0.05) is 12.8 Å². The van der Waals surface area contributed by atoms with Crippen molar-refractivity contribution >= 4 is 11.9 Å². The molecule has 0 aliphatic rings. The number of hydrogen-bond acceptors (Lipinski definition) is 4. The summed E-state index contributed by atoms with van der Waals surface area (Å²) in [6.07, 6.45) is 3.36. The lowest BCUT2D eigenvalue weighted by molar-refractivity contribution is -0.145. The second kappa shape index (κ2) is 8.23. The number of nitrogens with two attached hydrogens (primary N) is 1. The molecule has 0 rings (SSSR count). The van der Waals surface area contributed by atoms with E-state index in [9.17, 15) is 9.59 Å². The van der Waals surface area contributed by atoms with E-state index < -0.39 is 12.0 Å². The molecule has 5 heteroatoms. The van der Waals surface area contributed by atoms with Crippen LogP contribution in [0.15, 0.2) is 0 Å². The van der Waals surface area contributed by atoms with Gasteiger partial charge in [0.05, 0.1) is 7.11 Å². The summed E-state index contributed by atoms with van der Waals surface area (Å²) in [7, 11) is 1.32. The summed E-state index contributed by atoms with van der Waals surface area (Å²) in [5.74, 6) is -0.609. The van der Waals surface area contributed by atoms with Gasteiger partial charge in [-0.25, -0.2) is 4.79 Å². The van der Waals surface area contributed by atoms with E-state index in [4.69, 9.17) is 5.73 Å². The van der Waals surface area contributed by atoms with Gasteiger partial charge in [-0.15, -0.1) is 0 Å². The van der Waals surface area contributed by atoms with Crippen LogP contribution in [-0.2, 0) is 14.3 Å². The lowest BCUT2D eigenvalue weighted by Crippen LogP contribution is -2.40. The third-order valence-electron chi connectivity index (χ3n) is 2.06. The zero-order chi connectivity index (χ0) is 11.7. The molecule has 0 aliphatic carbocycles. The zero-order valence-corrected chi connectivity index (χ0v) is 9.41. The Bertz CT molecular complexity index is 207. The number of unbranched alkanes of at least 4 members (excludes halogenated alkanes) is 2. The lowest BCUT2D eigenvalue weighted by atomic mass is 10.1. The second-order valence-electron chi connectivity index (χ2n) is 3.41. The number of carbonyl (C=O) groups excluding carboxylic acids is 2. The highest BCUT2D eigenvalue weighted by molar-refractivity contribution is 5.83. The standard InChI is InChI=1S/C10H20N2O3/c1-8(13)12-9(10(14)15-2)6-4-3-5-7-11/h9H,3-7,11H2,1-2H3,(H,12,13). The molecule has 0 aromatic carbocycles. The molecule has 0 saturated heterocycles. The highest BCUT2D eigenvalue weighted by atomic mass is 16.5. The van der Waals surface area contributed by atoms with Gasteiger partial charge in [-0.3, -0.25) is 4.79 Å². The molecule has 5 nitrogen and oxygen atoms in total. The minimum absolute atomic E-state index is 0.218. The predicted molar refractivity (Wildman–Crippen MR) is 57.1 cm³/mol. The highest BCUT2D eigenvalue weighted by Gasteiger charge is 2.18. The van der Waals surface area contributed by atoms with Crippen LogP contribution in [0.2, 0.25) is 0 Å². The van der Waals surface area contributed by atoms with Crippen LogP contribution >= 0.6 is 0 Å². The molecule has 0 radical (unpaired) electrons. The molecular weight excluding hydrogens is 196 g/mol. The molecule has 0 fully saturated rings. The number of ether oxygens (including phenoxy) is 1. The van der Waals surface area contributed by atoms with Crippen LogP contribution in [0.25, 0.3) is 0 Å². The van der Waals surface area contributed by atoms with E-state index in [1.54, 1.807) is 0 Å². The molecule has 0 aliphatic heterocycles. The van der Waals surface area contributed by atoms with E-state index in [2.05, 4.69) is 10.1 Å². The Morgan fingerprint density at radius 1 is 1.33 bits per heavy atom. The summed E-state index contributed by atoms with van der Waals surface area (Å²) in [5.41, 5.74) is 5.35. The third kappa shape index (κ3) is 6.90. The van der Waals surface area contributed by atoms with Gasteiger partial charge in [0.15, 0.2) is 0 Å². The molecular formula is C10H20N2O3. The molecule has 0 saturated carbocycles. The fourth-order valence-electron chi connectivity index (χ4n) is 1.31. The molecule has 0 heterocycles. The molecule has 3 N–H and O–H groups in total. The maximum absolute atomic E-state index is 11.2. The monoisotopic (exact) mass is 216 g/mol. The van der Waals surface area contributed by atoms with Gasteiger partial charge in [0, 0.05) is 6.92 Å². The molecule has 0 spiro atoms. The Morgan fingerprint density at radius 3 is 2.47 bits per heavy atom. The normalized spacial score (nSPS) is 11.9. The number of methoxy groups -OCH3 is 1. The van der Waals surface area contributed by atoms with E-state index in [1.165, 1.54) is 14.0 Å². The number of esters is 1. The Morgan fingerprint density at radius 2 is 2.00 bits per heavy atom. The van der Waals surface area contributed by atoms with Crippen LogP contribution in [-0.4, -0.2) is 31.6 Å². The topological polar surface area (TPSA) is 81.4 Å². The first kappa shape index (κ1) is 13.9. The SMILES string of the molecule is COC(=O)C(CCCCCN)NC(C)=O. The van der Waals surface area contributed by atoms with Gasteiger partial charge in [0.2, 0.25) is 5.91 Å². The lowest BCUT2D eigenvalue weighted by Gasteiger charge is -2.14. The summed E-state index contributed by atoms with van der Waals surface area (Å²) in [5, 5.41) is 2.56. The first-order valence-corrected chi connectivity index (χ1v) is 5.16. The number of amides is 1. The summed E-state index contributed by atoms with van der Waals surface area (Å²) < 4.78 is 4.59. The van der Waals surface area contributed by atoms with Crippen LogP contribution in [0, 0.1) is 0 Å². The van der Waals surface area contributed by atoms with Gasteiger partial charge < -0.3 is 15.8 Å². The van der Waals surface area contributed by atoms with Crippen LogP contribution in [0.3, 0.4) is 0 Å². The van der Waals surface area contributed by atoms with Crippen molar-refractivity contribution in [2.24, 2.45) is 5.73 Å². The molecule has 15 heavy (non-hydrogen) atoms. The van der Waals surface area contributed by atoms with Gasteiger partial charge in [0.1, 0.15) is 6.04 Å². The van der Waals surface area contributed by atoms with Gasteiger partial charge >= 0.3 is 5.97 Å². The fourth-order valence-corrected chi connectivity index (χ4v) is 1.31. The van der Waals surface area contributed by atoms with Crippen molar-refractivity contribution in [3.63, 3.8) is 0 Å². The van der Waals surface area contributed by atoms with Crippen LogP contribution in [0.1, 0.15) is 32.6 Å². The van der Waals surface area contributed by atoms with Crippen LogP contribution < -0.4 is 11.1 Å². The minimum atomic E-state index is -0.523. The summed E-state index contributed by atoms with van der Waals surface area (Å²) in [6.45, 7) is 2.04. The quantitative estimate of drug-likeness (QED) is 0.470. The van der Waals surface area contributed by atoms with Crippen molar-refractivity contribution < 1.29 is 14.3 Å². The van der Waals surface area contributed by atoms with E-state index in [0.717, 1.165) is 19.3 Å². The molecule has 1 atom stereocenters. The third-order valence-corrected chi connectivity index (χ3v) is 2.06. The summed E-state index contributed by atoms with van der Waals surface area (Å²) in [4.78, 5) is 22.1. The maximum atomic E-state index is 11.2. The molecule has 0 bridgehead atoms. The Kier molecular flexibility index (Phi) is 7.62. The van der Waals surface area contributed by atoms with E-state index in [0.29, 0.717) is 13.0 Å². The van der Waals surface area contributed by atoms with Crippen LogP contribution in [0.4, 0.5) is 0 Å². The van der Waals surface area contributed by atoms with Crippen molar-refractivity contribution in [2.75, 3.05) is 13.7 Å². The molecule has 0 aromatic heterocycles. The first-order chi connectivity index (χ1) is 7.11. The van der Waals surface area contributed by atoms with E-state index in [1.807, 2.05) is 0 Å². The average molecular weight is 216 g/mol. The maximum Gasteiger partial charge on any atom is 0.328 e. The summed E-state index contributed by atoms with van der Waals surface area (Å²) in [6, 6.07) is -0.523. The van der Waals surface area contributed by atoms with Crippen molar-refractivity contribution in [1.29, 1.82) is 0 Å². The molecule has 1 amide bonds. The smallest absolute Gasteiger partial charge is 0.328 e. The van der Waals surface area contributed by atoms with E-state index >= 15 is 0 Å². The fraction of sp³-hybridized carbons (Fsp3) is 0.800. The van der Waals surface area contributed by atoms with Crippen molar-refractivity contribution in [1.82, 2.24) is 5.32 Å². The van der Waals surface area contributed by atoms with Crippen molar-refractivity contribution in [3.8, 4) is 0 Å². The Balaban J connectivity index is 3.90. The highest BCUT2D eigenvalue weighted by Crippen LogP contribution is 2.04. The largest absolute Gasteiger partial charge is 0.467 e. The minimum Gasteiger partial charge on any atom is -0.467 e. The van der Waals surface area contributed by atoms with Crippen LogP contribution in [0.5, 0.6) is 0 Å². The first-order valence-electron chi connectivity index (χ1n) is 5.16. The molecule has 88 valence electrons. The molecule has 0 aromatic rings. The number of carbonyl (C=O) groups is 2. The van der Waals surface area contributed by atoms with Gasteiger partial charge in [0.25, 0.3) is 0 Å². The number of rotatable bonds is 7. The summed E-state index contributed by atoms with van der Waals surface area (Å²) >= 11 is 0. The zero-order valence-electron chi connectivity index (χ0n) is 9.41. The predicted octanol–water partition coefficient (Wildman–Crippen LogP) is 0.183. The van der Waals surface area contributed by atoms with Crippen molar-refractivity contribution in [3.05, 3.63) is 0 Å². The molecule has 1 unspecified atom stereocenters. The second-order valence-corrected chi connectivity index (χ2v) is 3.41. The van der Waals surface area contributed by atoms with Crippen molar-refractivity contribution in [2.45, 2.75) is 38.6 Å². The van der Waals surface area contributed by atoms with Gasteiger partial charge in [-0.05, 0) is 19.4 Å². The number of hydrogen-bond donors (Lipinski definition) is 2. The van der Waals surface area contributed by atoms with Gasteiger partial charge in [-0.2, -0.15) is 0 Å².